The third kappa shape index (κ3) is 2.17. The van der Waals surface area contributed by atoms with Crippen molar-refractivity contribution in [3.63, 3.8) is 0 Å². The Bertz CT molecular complexity index is 210. The van der Waals surface area contributed by atoms with E-state index in [2.05, 4.69) is 5.32 Å². The molecule has 1 saturated heterocycles. The average Bonchev–Trinajstić information content (AvgIpc) is 2.10. The molecule has 1 fully saturated rings. The summed E-state index contributed by atoms with van der Waals surface area (Å²) < 4.78 is 22.8. The van der Waals surface area contributed by atoms with Gasteiger partial charge in [-0.3, -0.25) is 0 Å². The number of sulfone groups is 1. The van der Waals surface area contributed by atoms with Crippen LogP contribution in [-0.2, 0) is 9.84 Å². The number of nitrogens with one attached hydrogen (secondary N) is 1. The van der Waals surface area contributed by atoms with E-state index < -0.39 is 9.84 Å². The maximum atomic E-state index is 11.4. The molecule has 11 heavy (non-hydrogen) atoms. The number of rotatable bonds is 1. The molecule has 1 unspecified atom stereocenters. The minimum atomic E-state index is -2.77. The third-order valence-corrected chi connectivity index (χ3v) is 4.49. The molecule has 1 rings (SSSR count). The van der Waals surface area contributed by atoms with Crippen molar-refractivity contribution in [1.82, 2.24) is 5.32 Å². The van der Waals surface area contributed by atoms with Gasteiger partial charge in [0.25, 0.3) is 0 Å². The van der Waals surface area contributed by atoms with Crippen molar-refractivity contribution >= 4 is 9.84 Å². The van der Waals surface area contributed by atoms with Crippen LogP contribution >= 0.6 is 0 Å². The lowest BCUT2D eigenvalue weighted by Gasteiger charge is -2.10. The first-order valence-electron chi connectivity index (χ1n) is 4.09. The average molecular weight is 177 g/mol. The molecule has 0 bridgehead atoms. The fourth-order valence-electron chi connectivity index (χ4n) is 1.35. The highest BCUT2D eigenvalue weighted by Gasteiger charge is 2.24. The molecule has 1 aliphatic rings. The monoisotopic (exact) mass is 177 g/mol. The second-order valence-electron chi connectivity index (χ2n) is 2.95. The van der Waals surface area contributed by atoms with Gasteiger partial charge >= 0.3 is 0 Å². The van der Waals surface area contributed by atoms with E-state index in [0.717, 1.165) is 19.4 Å². The van der Waals surface area contributed by atoms with Crippen LogP contribution < -0.4 is 5.32 Å². The minimum Gasteiger partial charge on any atom is -0.315 e. The molecule has 0 amide bonds. The fourth-order valence-corrected chi connectivity index (χ4v) is 3.11. The van der Waals surface area contributed by atoms with Crippen LogP contribution in [0, 0.1) is 0 Å². The van der Waals surface area contributed by atoms with Crippen LogP contribution in [0.5, 0.6) is 0 Å². The van der Waals surface area contributed by atoms with E-state index in [0.29, 0.717) is 12.3 Å². The lowest BCUT2D eigenvalue weighted by molar-refractivity contribution is 0.574. The lowest BCUT2D eigenvalue weighted by atomic mass is 10.3. The van der Waals surface area contributed by atoms with Gasteiger partial charge in [-0.25, -0.2) is 8.42 Å². The Morgan fingerprint density at radius 1 is 1.55 bits per heavy atom. The highest BCUT2D eigenvalue weighted by atomic mass is 32.2. The van der Waals surface area contributed by atoms with Gasteiger partial charge < -0.3 is 5.32 Å². The van der Waals surface area contributed by atoms with Crippen molar-refractivity contribution in [3.8, 4) is 0 Å². The molecule has 0 saturated carbocycles. The Labute approximate surface area is 68.1 Å². The fraction of sp³-hybridized carbons (Fsp3) is 1.00. The Hall–Kier alpha value is -0.0900. The molecule has 3 nitrogen and oxygen atoms in total. The Morgan fingerprint density at radius 3 is 2.91 bits per heavy atom. The zero-order valence-electron chi connectivity index (χ0n) is 6.84. The second-order valence-corrected chi connectivity index (χ2v) is 5.36. The van der Waals surface area contributed by atoms with Gasteiger partial charge in [0.05, 0.1) is 11.0 Å². The summed E-state index contributed by atoms with van der Waals surface area (Å²) >= 11 is 0. The molecule has 0 aromatic rings. The molecule has 4 heteroatoms. The van der Waals surface area contributed by atoms with Crippen molar-refractivity contribution in [2.45, 2.75) is 25.0 Å². The first-order chi connectivity index (χ1) is 5.17. The van der Waals surface area contributed by atoms with Crippen LogP contribution in [0.1, 0.15) is 19.8 Å². The predicted octanol–water partition coefficient (Wildman–Crippen LogP) is 0.173. The van der Waals surface area contributed by atoms with Crippen LogP contribution in [0.4, 0.5) is 0 Å². The van der Waals surface area contributed by atoms with Gasteiger partial charge in [0.1, 0.15) is 0 Å². The molecule has 0 radical (unpaired) electrons. The van der Waals surface area contributed by atoms with E-state index in [1.165, 1.54) is 0 Å². The molecule has 0 aliphatic carbocycles. The molecular weight excluding hydrogens is 162 g/mol. The molecular formula is C7H15NO2S. The molecule has 1 aliphatic heterocycles. The molecule has 1 atom stereocenters. The standard InChI is InChI=1S/C7H15NO2S/c1-2-7-6-8-4-3-5-11(7,9)10/h7-8H,2-6H2,1H3. The Balaban J connectivity index is 2.72. The molecule has 1 N–H and O–H groups in total. The van der Waals surface area contributed by atoms with Crippen LogP contribution in [0.25, 0.3) is 0 Å². The van der Waals surface area contributed by atoms with Gasteiger partial charge in [0, 0.05) is 6.54 Å². The van der Waals surface area contributed by atoms with Crippen molar-refractivity contribution in [2.24, 2.45) is 0 Å². The summed E-state index contributed by atoms with van der Waals surface area (Å²) in [6, 6.07) is 0. The molecule has 0 aromatic heterocycles. The maximum Gasteiger partial charge on any atom is 0.154 e. The quantitative estimate of drug-likeness (QED) is 0.621. The van der Waals surface area contributed by atoms with Crippen LogP contribution in [-0.4, -0.2) is 32.5 Å². The van der Waals surface area contributed by atoms with Crippen molar-refractivity contribution < 1.29 is 8.42 Å². The van der Waals surface area contributed by atoms with Crippen molar-refractivity contribution in [2.75, 3.05) is 18.8 Å². The summed E-state index contributed by atoms with van der Waals surface area (Å²) in [5, 5.41) is 2.98. The summed E-state index contributed by atoms with van der Waals surface area (Å²) in [6.07, 6.45) is 1.49. The van der Waals surface area contributed by atoms with E-state index in [1.807, 2.05) is 6.92 Å². The van der Waals surface area contributed by atoms with E-state index in [9.17, 15) is 8.42 Å². The van der Waals surface area contributed by atoms with Gasteiger partial charge in [-0.2, -0.15) is 0 Å². The lowest BCUT2D eigenvalue weighted by Crippen LogP contribution is -2.30. The van der Waals surface area contributed by atoms with Crippen molar-refractivity contribution in [1.29, 1.82) is 0 Å². The smallest absolute Gasteiger partial charge is 0.154 e. The normalized spacial score (nSPS) is 31.2. The van der Waals surface area contributed by atoms with E-state index in [4.69, 9.17) is 0 Å². The zero-order chi connectivity index (χ0) is 8.32. The van der Waals surface area contributed by atoms with Gasteiger partial charge in [-0.05, 0) is 19.4 Å². The van der Waals surface area contributed by atoms with Crippen LogP contribution in [0.15, 0.2) is 0 Å². The molecule has 1 heterocycles. The summed E-state index contributed by atoms with van der Waals surface area (Å²) in [4.78, 5) is 0. The summed E-state index contributed by atoms with van der Waals surface area (Å²) in [7, 11) is -2.77. The third-order valence-electron chi connectivity index (χ3n) is 2.12. The second kappa shape index (κ2) is 3.54. The summed E-state index contributed by atoms with van der Waals surface area (Å²) in [5.41, 5.74) is 0. The van der Waals surface area contributed by atoms with Gasteiger partial charge in [0.15, 0.2) is 9.84 Å². The first kappa shape index (κ1) is 9.00. The SMILES string of the molecule is CCC1CNCCCS1(=O)=O. The number of hydrogen-bond acceptors (Lipinski definition) is 3. The first-order valence-corrected chi connectivity index (χ1v) is 5.80. The van der Waals surface area contributed by atoms with Crippen LogP contribution in [0.3, 0.4) is 0 Å². The van der Waals surface area contributed by atoms with E-state index >= 15 is 0 Å². The van der Waals surface area contributed by atoms with Crippen molar-refractivity contribution in [3.05, 3.63) is 0 Å². The van der Waals surface area contributed by atoms with Gasteiger partial charge in [-0.1, -0.05) is 6.92 Å². The molecule has 66 valence electrons. The topological polar surface area (TPSA) is 46.2 Å². The Morgan fingerprint density at radius 2 is 2.27 bits per heavy atom. The highest BCUT2D eigenvalue weighted by Crippen LogP contribution is 2.09. The molecule has 0 spiro atoms. The highest BCUT2D eigenvalue weighted by molar-refractivity contribution is 7.92. The summed E-state index contributed by atoms with van der Waals surface area (Å²) in [5.74, 6) is 0.360. The zero-order valence-corrected chi connectivity index (χ0v) is 7.65. The van der Waals surface area contributed by atoms with E-state index in [1.54, 1.807) is 0 Å². The van der Waals surface area contributed by atoms with E-state index in [-0.39, 0.29) is 5.25 Å². The minimum absolute atomic E-state index is 0.148. The van der Waals surface area contributed by atoms with Gasteiger partial charge in [0.2, 0.25) is 0 Å². The number of hydrogen-bond donors (Lipinski definition) is 1. The Kier molecular flexibility index (Phi) is 2.90. The molecule has 0 aromatic carbocycles. The van der Waals surface area contributed by atoms with Gasteiger partial charge in [-0.15, -0.1) is 0 Å². The predicted molar refractivity (Wildman–Crippen MR) is 45.4 cm³/mol. The van der Waals surface area contributed by atoms with Crippen LogP contribution in [0.2, 0.25) is 0 Å². The maximum absolute atomic E-state index is 11.4. The summed E-state index contributed by atoms with van der Waals surface area (Å²) in [6.45, 7) is 3.41. The largest absolute Gasteiger partial charge is 0.315 e.